The molecule has 0 aliphatic carbocycles. The number of piperidine rings is 1. The molecule has 4 nitrogen and oxygen atoms in total. The maximum absolute atomic E-state index is 12.7. The van der Waals surface area contributed by atoms with Crippen molar-refractivity contribution < 1.29 is 4.79 Å². The standard InChI is InChI=1S/C15H19N3O/c1-12(13-5-3-2-4-6-13)18-11-17-15(14(18)19)7-9-16-10-8-15/h2-6,11-12,16H,7-10H2,1H3/t12-/m0/s1. The van der Waals surface area contributed by atoms with Crippen molar-refractivity contribution in [1.82, 2.24) is 10.2 Å². The first-order valence-electron chi connectivity index (χ1n) is 6.87. The van der Waals surface area contributed by atoms with E-state index in [1.165, 1.54) is 0 Å². The van der Waals surface area contributed by atoms with Crippen LogP contribution in [0.5, 0.6) is 0 Å². The van der Waals surface area contributed by atoms with Gasteiger partial charge in [0.1, 0.15) is 5.54 Å². The lowest BCUT2D eigenvalue weighted by atomic mass is 9.88. The zero-order chi connectivity index (χ0) is 13.3. The molecule has 2 aliphatic heterocycles. The van der Waals surface area contributed by atoms with Crippen molar-refractivity contribution >= 4 is 12.2 Å². The van der Waals surface area contributed by atoms with Crippen LogP contribution in [0.3, 0.4) is 0 Å². The summed E-state index contributed by atoms with van der Waals surface area (Å²) in [5, 5.41) is 3.29. The van der Waals surface area contributed by atoms with Gasteiger partial charge in [-0.05, 0) is 38.4 Å². The number of rotatable bonds is 2. The molecule has 1 fully saturated rings. The van der Waals surface area contributed by atoms with Gasteiger partial charge in [0.2, 0.25) is 0 Å². The smallest absolute Gasteiger partial charge is 0.256 e. The highest BCUT2D eigenvalue weighted by Crippen LogP contribution is 2.33. The Balaban J connectivity index is 1.81. The molecule has 2 aliphatic rings. The molecule has 1 saturated heterocycles. The monoisotopic (exact) mass is 257 g/mol. The van der Waals surface area contributed by atoms with E-state index in [2.05, 4.69) is 29.4 Å². The highest BCUT2D eigenvalue weighted by Gasteiger charge is 2.46. The SMILES string of the molecule is C[C@@H](c1ccccc1)N1C=NC2(CCNCC2)C1=O. The molecular weight excluding hydrogens is 238 g/mol. The van der Waals surface area contributed by atoms with E-state index in [-0.39, 0.29) is 11.9 Å². The third-order valence-electron chi connectivity index (χ3n) is 4.19. The summed E-state index contributed by atoms with van der Waals surface area (Å²) in [7, 11) is 0. The van der Waals surface area contributed by atoms with Gasteiger partial charge in [0.25, 0.3) is 5.91 Å². The molecule has 4 heteroatoms. The summed E-state index contributed by atoms with van der Waals surface area (Å²) in [4.78, 5) is 19.0. The summed E-state index contributed by atoms with van der Waals surface area (Å²) in [5.74, 6) is 0.158. The van der Waals surface area contributed by atoms with Crippen LogP contribution in [-0.2, 0) is 4.79 Å². The zero-order valence-electron chi connectivity index (χ0n) is 11.2. The van der Waals surface area contributed by atoms with Gasteiger partial charge in [0, 0.05) is 0 Å². The van der Waals surface area contributed by atoms with Crippen molar-refractivity contribution in [3.05, 3.63) is 35.9 Å². The van der Waals surface area contributed by atoms with Crippen LogP contribution < -0.4 is 5.32 Å². The molecule has 1 N–H and O–H groups in total. The summed E-state index contributed by atoms with van der Waals surface area (Å²) < 4.78 is 0. The number of amides is 1. The van der Waals surface area contributed by atoms with E-state index < -0.39 is 5.54 Å². The molecule has 1 amide bonds. The minimum Gasteiger partial charge on any atom is -0.317 e. The van der Waals surface area contributed by atoms with Gasteiger partial charge in [0.15, 0.2) is 0 Å². The third-order valence-corrected chi connectivity index (χ3v) is 4.19. The maximum Gasteiger partial charge on any atom is 0.256 e. The molecule has 1 aromatic rings. The number of nitrogens with zero attached hydrogens (tertiary/aromatic N) is 2. The maximum atomic E-state index is 12.7. The predicted molar refractivity (Wildman–Crippen MR) is 75.0 cm³/mol. The molecule has 0 bridgehead atoms. The lowest BCUT2D eigenvalue weighted by molar-refractivity contribution is -0.133. The Hall–Kier alpha value is -1.68. The summed E-state index contributed by atoms with van der Waals surface area (Å²) in [6, 6.07) is 10.2. The zero-order valence-corrected chi connectivity index (χ0v) is 11.2. The lowest BCUT2D eigenvalue weighted by Gasteiger charge is -2.32. The van der Waals surface area contributed by atoms with Crippen molar-refractivity contribution in [2.75, 3.05) is 13.1 Å². The molecule has 0 saturated carbocycles. The number of carbonyl (C=O) groups excluding carboxylic acids is 1. The van der Waals surface area contributed by atoms with E-state index in [0.717, 1.165) is 31.5 Å². The largest absolute Gasteiger partial charge is 0.317 e. The first-order chi connectivity index (χ1) is 9.23. The van der Waals surface area contributed by atoms with Crippen LogP contribution >= 0.6 is 0 Å². The molecule has 0 unspecified atom stereocenters. The number of benzene rings is 1. The molecule has 2 heterocycles. The van der Waals surface area contributed by atoms with Gasteiger partial charge < -0.3 is 5.32 Å². The molecule has 1 atom stereocenters. The van der Waals surface area contributed by atoms with Crippen molar-refractivity contribution in [3.63, 3.8) is 0 Å². The summed E-state index contributed by atoms with van der Waals surface area (Å²) >= 11 is 0. The number of nitrogens with one attached hydrogen (secondary N) is 1. The van der Waals surface area contributed by atoms with E-state index >= 15 is 0 Å². The van der Waals surface area contributed by atoms with Crippen molar-refractivity contribution in [2.45, 2.75) is 31.3 Å². The number of carbonyl (C=O) groups is 1. The Morgan fingerprint density at radius 3 is 2.63 bits per heavy atom. The van der Waals surface area contributed by atoms with E-state index in [0.29, 0.717) is 0 Å². The van der Waals surface area contributed by atoms with Crippen LogP contribution in [0.15, 0.2) is 35.3 Å². The first-order valence-corrected chi connectivity index (χ1v) is 6.87. The van der Waals surface area contributed by atoms with Crippen LogP contribution in [0, 0.1) is 0 Å². The fourth-order valence-electron chi connectivity index (χ4n) is 2.87. The normalized spacial score (nSPS) is 23.0. The van der Waals surface area contributed by atoms with E-state index in [4.69, 9.17) is 0 Å². The van der Waals surface area contributed by atoms with Gasteiger partial charge in [-0.2, -0.15) is 0 Å². The van der Waals surface area contributed by atoms with Gasteiger partial charge in [-0.1, -0.05) is 30.3 Å². The fourth-order valence-corrected chi connectivity index (χ4v) is 2.87. The summed E-state index contributed by atoms with van der Waals surface area (Å²) in [5.41, 5.74) is 0.655. The molecule has 1 aromatic carbocycles. The van der Waals surface area contributed by atoms with Crippen LogP contribution in [0.25, 0.3) is 0 Å². The third kappa shape index (κ3) is 2.06. The quantitative estimate of drug-likeness (QED) is 0.877. The van der Waals surface area contributed by atoms with Crippen LogP contribution in [-0.4, -0.2) is 35.8 Å². The van der Waals surface area contributed by atoms with Crippen molar-refractivity contribution in [1.29, 1.82) is 0 Å². The van der Waals surface area contributed by atoms with Gasteiger partial charge in [-0.3, -0.25) is 14.7 Å². The molecule has 0 radical (unpaired) electrons. The van der Waals surface area contributed by atoms with E-state index in [1.54, 1.807) is 11.2 Å². The lowest BCUT2D eigenvalue weighted by Crippen LogP contribution is -2.48. The van der Waals surface area contributed by atoms with Gasteiger partial charge >= 0.3 is 0 Å². The Kier molecular flexibility index (Phi) is 3.11. The second-order valence-electron chi connectivity index (χ2n) is 5.33. The summed E-state index contributed by atoms with van der Waals surface area (Å²) in [6.45, 7) is 3.80. The minimum atomic E-state index is -0.492. The average Bonchev–Trinajstić information content (AvgIpc) is 2.77. The van der Waals surface area contributed by atoms with Crippen molar-refractivity contribution in [2.24, 2.45) is 4.99 Å². The molecule has 0 aromatic heterocycles. The second-order valence-corrected chi connectivity index (χ2v) is 5.33. The summed E-state index contributed by atoms with van der Waals surface area (Å²) in [6.07, 6.45) is 3.35. The average molecular weight is 257 g/mol. The Bertz CT molecular complexity index is 491. The fraction of sp³-hybridized carbons (Fsp3) is 0.467. The van der Waals surface area contributed by atoms with Gasteiger partial charge in [0.05, 0.1) is 12.4 Å². The number of aliphatic imine (C=N–C) groups is 1. The highest BCUT2D eigenvalue weighted by molar-refractivity contribution is 6.00. The Morgan fingerprint density at radius 2 is 1.95 bits per heavy atom. The van der Waals surface area contributed by atoms with Gasteiger partial charge in [-0.25, -0.2) is 0 Å². The second kappa shape index (κ2) is 4.78. The first kappa shape index (κ1) is 12.4. The van der Waals surface area contributed by atoms with E-state index in [9.17, 15) is 4.79 Å². The van der Waals surface area contributed by atoms with E-state index in [1.807, 2.05) is 18.2 Å². The Labute approximate surface area is 113 Å². The topological polar surface area (TPSA) is 44.7 Å². The molecule has 100 valence electrons. The van der Waals surface area contributed by atoms with Crippen LogP contribution in [0.2, 0.25) is 0 Å². The van der Waals surface area contributed by atoms with Crippen LogP contribution in [0.4, 0.5) is 0 Å². The van der Waals surface area contributed by atoms with Gasteiger partial charge in [-0.15, -0.1) is 0 Å². The number of hydrogen-bond acceptors (Lipinski definition) is 3. The highest BCUT2D eigenvalue weighted by atomic mass is 16.2. The molecule has 1 spiro atoms. The Morgan fingerprint density at radius 1 is 1.26 bits per heavy atom. The predicted octanol–water partition coefficient (Wildman–Crippen LogP) is 1.74. The minimum absolute atomic E-state index is 0.0479. The molecule has 3 rings (SSSR count). The van der Waals surface area contributed by atoms with Crippen LogP contribution in [0.1, 0.15) is 31.4 Å². The molecular formula is C15H19N3O. The molecule has 19 heavy (non-hydrogen) atoms. The number of hydrogen-bond donors (Lipinski definition) is 1. The van der Waals surface area contributed by atoms with Crippen molar-refractivity contribution in [3.8, 4) is 0 Å².